The highest BCUT2D eigenvalue weighted by atomic mass is 35.5. The maximum atomic E-state index is 13.0. The molecule has 2 amide bonds. The quantitative estimate of drug-likeness (QED) is 0.405. The molecule has 3 rings (SSSR count). The van der Waals surface area contributed by atoms with Gasteiger partial charge in [-0.25, -0.2) is 0 Å². The van der Waals surface area contributed by atoms with Gasteiger partial charge in [0, 0.05) is 23.0 Å². The number of hydrogen-bond donors (Lipinski definition) is 4. The summed E-state index contributed by atoms with van der Waals surface area (Å²) < 4.78 is 5.93. The number of carbonyl (C=O) groups is 3. The summed E-state index contributed by atoms with van der Waals surface area (Å²) in [6, 6.07) is 5.43. The van der Waals surface area contributed by atoms with Crippen molar-refractivity contribution in [2.45, 2.75) is 50.4 Å². The van der Waals surface area contributed by atoms with Gasteiger partial charge in [-0.2, -0.15) is 0 Å². The zero-order chi connectivity index (χ0) is 22.4. The number of carboxylic acids is 1. The fraction of sp³-hybridized carbons (Fsp3) is 0.500. The van der Waals surface area contributed by atoms with Crippen LogP contribution in [0.15, 0.2) is 36.4 Å². The number of rotatable bonds is 10. The molecule has 0 aromatic heterocycles. The van der Waals surface area contributed by atoms with Crippen LogP contribution in [-0.2, 0) is 19.1 Å². The lowest BCUT2D eigenvalue weighted by Crippen LogP contribution is -2.51. The third-order valence-corrected chi connectivity index (χ3v) is 6.01. The highest BCUT2D eigenvalue weighted by molar-refractivity contribution is 6.30. The van der Waals surface area contributed by atoms with E-state index in [4.69, 9.17) is 21.4 Å². The van der Waals surface area contributed by atoms with Crippen LogP contribution in [0.1, 0.15) is 32.1 Å². The molecule has 168 valence electrons. The largest absolute Gasteiger partial charge is 0.481 e. The molecule has 2 aliphatic heterocycles. The highest BCUT2D eigenvalue weighted by Gasteiger charge is 2.51. The third kappa shape index (κ3) is 6.06. The first-order chi connectivity index (χ1) is 14.9. The summed E-state index contributed by atoms with van der Waals surface area (Å²) in [7, 11) is 0. The number of aliphatic hydroxyl groups excluding tert-OH is 1. The Labute approximate surface area is 185 Å². The summed E-state index contributed by atoms with van der Waals surface area (Å²) in [5, 5.41) is 24.2. The van der Waals surface area contributed by atoms with Crippen molar-refractivity contribution >= 4 is 35.1 Å². The Hall–Kier alpha value is -2.42. The number of carboxylic acid groups (broad SMARTS) is 1. The second kappa shape index (κ2) is 10.7. The van der Waals surface area contributed by atoms with Crippen LogP contribution < -0.4 is 10.6 Å². The fourth-order valence-corrected chi connectivity index (χ4v) is 4.37. The Morgan fingerprint density at radius 1 is 1.16 bits per heavy atom. The normalized spacial score (nSPS) is 25.5. The number of benzene rings is 1. The summed E-state index contributed by atoms with van der Waals surface area (Å²) in [6.45, 7) is -0.535. The molecule has 1 unspecified atom stereocenters. The van der Waals surface area contributed by atoms with Gasteiger partial charge >= 0.3 is 5.97 Å². The number of nitrogens with one attached hydrogen (secondary N) is 2. The molecule has 0 spiro atoms. The van der Waals surface area contributed by atoms with Gasteiger partial charge in [0.1, 0.15) is 6.04 Å². The Kier molecular flexibility index (Phi) is 8.06. The van der Waals surface area contributed by atoms with Gasteiger partial charge in [0.2, 0.25) is 11.8 Å². The number of anilines is 1. The maximum absolute atomic E-state index is 13.0. The van der Waals surface area contributed by atoms with Crippen LogP contribution in [0.5, 0.6) is 0 Å². The molecular weight excluding hydrogens is 424 g/mol. The zero-order valence-electron chi connectivity index (χ0n) is 17.0. The predicted molar refractivity (Wildman–Crippen MR) is 115 cm³/mol. The number of aliphatic hydroxyl groups is 1. The van der Waals surface area contributed by atoms with Crippen LogP contribution in [0, 0.1) is 11.8 Å². The van der Waals surface area contributed by atoms with E-state index in [9.17, 15) is 19.5 Å². The van der Waals surface area contributed by atoms with E-state index < -0.39 is 30.4 Å². The molecule has 2 heterocycles. The van der Waals surface area contributed by atoms with Crippen LogP contribution in [0.4, 0.5) is 5.69 Å². The molecule has 2 fully saturated rings. The topological polar surface area (TPSA) is 125 Å². The first-order valence-electron chi connectivity index (χ1n) is 10.4. The summed E-state index contributed by atoms with van der Waals surface area (Å²) in [5.41, 5.74) is 0.509. The number of carbonyl (C=O) groups excluding carboxylic acids is 2. The minimum Gasteiger partial charge on any atom is -0.481 e. The second-order valence-corrected chi connectivity index (χ2v) is 8.30. The van der Waals surface area contributed by atoms with Gasteiger partial charge in [-0.3, -0.25) is 14.4 Å². The molecule has 5 atom stereocenters. The second-order valence-electron chi connectivity index (χ2n) is 7.86. The Bertz CT molecular complexity index is 828. The maximum Gasteiger partial charge on any atom is 0.303 e. The van der Waals surface area contributed by atoms with Crippen molar-refractivity contribution in [3.8, 4) is 0 Å². The van der Waals surface area contributed by atoms with E-state index in [-0.39, 0.29) is 30.5 Å². The number of fused-ring (bicyclic) bond motifs is 2. The molecular formula is C22H27ClN2O6. The first-order valence-corrected chi connectivity index (χ1v) is 10.8. The molecule has 2 bridgehead atoms. The molecule has 0 radical (unpaired) electrons. The minimum absolute atomic E-state index is 0.0275. The molecule has 0 saturated carbocycles. The molecule has 2 saturated heterocycles. The van der Waals surface area contributed by atoms with Crippen molar-refractivity contribution in [1.82, 2.24) is 5.32 Å². The SMILES string of the molecule is O=C(O)CC/C=C\C[C@@H]1[C@H](C(=O)NC(CO)C(=O)Nc2ccc(Cl)cc2)[C@H]2CC[C@@H]1O2. The van der Waals surface area contributed by atoms with Gasteiger partial charge in [0.05, 0.1) is 24.7 Å². The lowest BCUT2D eigenvalue weighted by molar-refractivity contribution is -0.137. The van der Waals surface area contributed by atoms with Crippen LogP contribution in [0.3, 0.4) is 0 Å². The van der Waals surface area contributed by atoms with E-state index in [0.717, 1.165) is 12.8 Å². The summed E-state index contributed by atoms with van der Waals surface area (Å²) >= 11 is 5.84. The Balaban J connectivity index is 1.58. The molecule has 2 aliphatic rings. The van der Waals surface area contributed by atoms with Gasteiger partial charge < -0.3 is 25.6 Å². The molecule has 4 N–H and O–H groups in total. The van der Waals surface area contributed by atoms with Crippen molar-refractivity contribution in [2.75, 3.05) is 11.9 Å². The average Bonchev–Trinajstić information content (AvgIpc) is 3.34. The van der Waals surface area contributed by atoms with Gasteiger partial charge in [0.15, 0.2) is 0 Å². The van der Waals surface area contributed by atoms with Crippen molar-refractivity contribution < 1.29 is 29.3 Å². The van der Waals surface area contributed by atoms with Crippen LogP contribution >= 0.6 is 11.6 Å². The lowest BCUT2D eigenvalue weighted by atomic mass is 9.77. The molecule has 1 aromatic carbocycles. The number of hydrogen-bond acceptors (Lipinski definition) is 5. The summed E-state index contributed by atoms with van der Waals surface area (Å²) in [5.74, 6) is -2.15. The predicted octanol–water partition coefficient (Wildman–Crippen LogP) is 2.36. The minimum atomic E-state index is -1.09. The van der Waals surface area contributed by atoms with E-state index in [2.05, 4.69) is 10.6 Å². The molecule has 0 aliphatic carbocycles. The first kappa shape index (κ1) is 23.2. The van der Waals surface area contributed by atoms with E-state index in [0.29, 0.717) is 23.6 Å². The van der Waals surface area contributed by atoms with Crippen LogP contribution in [-0.4, -0.2) is 52.9 Å². The molecule has 1 aromatic rings. The molecule has 9 heteroatoms. The van der Waals surface area contributed by atoms with E-state index >= 15 is 0 Å². The molecule has 8 nitrogen and oxygen atoms in total. The Morgan fingerprint density at radius 3 is 2.55 bits per heavy atom. The van der Waals surface area contributed by atoms with E-state index in [1.807, 2.05) is 12.2 Å². The van der Waals surface area contributed by atoms with Crippen LogP contribution in [0.2, 0.25) is 5.02 Å². The van der Waals surface area contributed by atoms with Crippen molar-refractivity contribution in [3.63, 3.8) is 0 Å². The highest BCUT2D eigenvalue weighted by Crippen LogP contribution is 2.45. The van der Waals surface area contributed by atoms with Gasteiger partial charge in [-0.15, -0.1) is 0 Å². The molecule has 31 heavy (non-hydrogen) atoms. The number of ether oxygens (including phenoxy) is 1. The fourth-order valence-electron chi connectivity index (χ4n) is 4.24. The van der Waals surface area contributed by atoms with Gasteiger partial charge in [-0.05, 0) is 49.9 Å². The van der Waals surface area contributed by atoms with Gasteiger partial charge in [-0.1, -0.05) is 23.8 Å². The van der Waals surface area contributed by atoms with Gasteiger partial charge in [0.25, 0.3) is 0 Å². The van der Waals surface area contributed by atoms with E-state index in [1.54, 1.807) is 24.3 Å². The average molecular weight is 451 g/mol. The zero-order valence-corrected chi connectivity index (χ0v) is 17.8. The van der Waals surface area contributed by atoms with Crippen molar-refractivity contribution in [1.29, 1.82) is 0 Å². The Morgan fingerprint density at radius 2 is 1.87 bits per heavy atom. The number of aliphatic carboxylic acids is 1. The smallest absolute Gasteiger partial charge is 0.303 e. The standard InChI is InChI=1S/C22H27ClN2O6/c23-13-6-8-14(9-7-13)24-21(29)16(12-26)25-22(30)20-15(17-10-11-18(20)31-17)4-2-1-3-5-19(27)28/h1-2,6-9,15-18,20,26H,3-5,10-12H2,(H,24,29)(H,25,30)(H,27,28)/b2-1-/t15-,16?,17-,18+,20-/m0/s1. The van der Waals surface area contributed by atoms with E-state index in [1.165, 1.54) is 0 Å². The number of allylic oxidation sites excluding steroid dienone is 2. The summed E-state index contributed by atoms with van der Waals surface area (Å²) in [4.78, 5) is 36.1. The van der Waals surface area contributed by atoms with Crippen LogP contribution in [0.25, 0.3) is 0 Å². The number of halogens is 1. The third-order valence-electron chi connectivity index (χ3n) is 5.75. The van der Waals surface area contributed by atoms with Crippen molar-refractivity contribution in [2.24, 2.45) is 11.8 Å². The lowest BCUT2D eigenvalue weighted by Gasteiger charge is -2.28. The van der Waals surface area contributed by atoms with Crippen molar-refractivity contribution in [3.05, 3.63) is 41.4 Å². The monoisotopic (exact) mass is 450 g/mol. The summed E-state index contributed by atoms with van der Waals surface area (Å²) in [6.07, 6.45) is 6.23. The number of amides is 2.